The Balaban J connectivity index is 0.000000325. The third-order valence-electron chi connectivity index (χ3n) is 12.3. The van der Waals surface area contributed by atoms with E-state index in [1.54, 1.807) is 6.20 Å². The topological polar surface area (TPSA) is 30.7 Å². The van der Waals surface area contributed by atoms with Crippen LogP contribution in [0.15, 0.2) is 164 Å². The average molecular weight is 998 g/mol. The Labute approximate surface area is 382 Å². The molecule has 0 saturated carbocycles. The third-order valence-corrected chi connectivity index (χ3v) is 13.6. The number of pyridine rings is 1. The zero-order valence-corrected chi connectivity index (χ0v) is 39.0. The summed E-state index contributed by atoms with van der Waals surface area (Å²) in [6.45, 7) is 14.0. The van der Waals surface area contributed by atoms with Gasteiger partial charge in [0.2, 0.25) is 0 Å². The summed E-state index contributed by atoms with van der Waals surface area (Å²) >= 11 is 1.91. The standard InChI is InChI=1S/C46H39N2S.C11H8N.Ir/c1-27(2)36-25-30(29-15-8-7-9-16-29)26-37(28(3)4)42(36)48-40-22-13-12-21-39(40)47-45(48)35-19-14-18-33-34-24-23-32-31-17-10-11-20-38(31)46(5,6)41(32)44(34)49-43(33)35;1-2-6-10(7-3-1)11-8-4-5-9-12-11;/h7-18,20-28H,1-6H3;1-6,8-9H;/q2*-1;. The first-order valence-corrected chi connectivity index (χ1v) is 22.1. The summed E-state index contributed by atoms with van der Waals surface area (Å²) < 4.78 is 5.07. The molecule has 1 aliphatic rings. The number of benzene rings is 7. The molecular weight excluding hydrogens is 951 g/mol. The monoisotopic (exact) mass is 998 g/mol. The minimum absolute atomic E-state index is 0. The van der Waals surface area contributed by atoms with Crippen LogP contribution >= 0.6 is 11.3 Å². The van der Waals surface area contributed by atoms with Crippen LogP contribution in [-0.2, 0) is 25.5 Å². The summed E-state index contributed by atoms with van der Waals surface area (Å²) in [4.78, 5) is 9.65. The number of para-hydroxylation sites is 2. The summed E-state index contributed by atoms with van der Waals surface area (Å²) in [5.41, 5.74) is 17.1. The van der Waals surface area contributed by atoms with Crippen molar-refractivity contribution < 1.29 is 20.1 Å². The van der Waals surface area contributed by atoms with Gasteiger partial charge in [0.15, 0.2) is 0 Å². The predicted molar refractivity (Wildman–Crippen MR) is 258 cm³/mol. The van der Waals surface area contributed by atoms with Crippen LogP contribution in [0.2, 0.25) is 0 Å². The Hall–Kier alpha value is -5.97. The van der Waals surface area contributed by atoms with Crippen molar-refractivity contribution in [2.24, 2.45) is 0 Å². The maximum absolute atomic E-state index is 5.43. The SMILES string of the molecule is CC(C)c1cc(-c2ccccc2)cc(C(C)C)c1-n1c(-c2[c-]ccc3c2sc2c4c(ccc23)-c2ccccc2C4(C)C)nc2ccccc21.[Ir].[c-]1ccccc1-c1ccccn1. The Bertz CT molecular complexity index is 3150. The molecule has 0 atom stereocenters. The average Bonchev–Trinajstić information content (AvgIpc) is 3.95. The van der Waals surface area contributed by atoms with Crippen molar-refractivity contribution in [3.05, 3.63) is 198 Å². The molecule has 10 aromatic rings. The van der Waals surface area contributed by atoms with Gasteiger partial charge in [-0.1, -0.05) is 143 Å². The molecule has 0 bridgehead atoms. The molecule has 62 heavy (non-hydrogen) atoms. The maximum atomic E-state index is 5.43. The van der Waals surface area contributed by atoms with Gasteiger partial charge >= 0.3 is 0 Å². The van der Waals surface area contributed by atoms with Crippen molar-refractivity contribution in [3.8, 4) is 50.6 Å². The van der Waals surface area contributed by atoms with Gasteiger partial charge < -0.3 is 9.55 Å². The van der Waals surface area contributed by atoms with Crippen LogP contribution in [0.1, 0.15) is 75.6 Å². The zero-order valence-electron chi connectivity index (χ0n) is 35.8. The number of nitrogens with zero attached hydrogens (tertiary/aromatic N) is 3. The molecule has 5 heteroatoms. The van der Waals surface area contributed by atoms with Gasteiger partial charge in [-0.15, -0.1) is 54.1 Å². The number of fused-ring (bicyclic) bond motifs is 8. The van der Waals surface area contributed by atoms with Crippen LogP contribution in [0.4, 0.5) is 0 Å². The van der Waals surface area contributed by atoms with E-state index in [9.17, 15) is 0 Å². The van der Waals surface area contributed by atoms with Crippen LogP contribution in [0.25, 0.3) is 81.8 Å². The smallest absolute Gasteiger partial charge is 0.0774 e. The van der Waals surface area contributed by atoms with E-state index in [0.717, 1.165) is 33.7 Å². The summed E-state index contributed by atoms with van der Waals surface area (Å²) in [6, 6.07) is 62.7. The molecular formula is C57H47IrN3S-2. The quantitative estimate of drug-likeness (QED) is 0.155. The van der Waals surface area contributed by atoms with Crippen molar-refractivity contribution >= 4 is 42.5 Å². The molecule has 0 fully saturated rings. The molecule has 0 unspecified atom stereocenters. The van der Waals surface area contributed by atoms with E-state index in [2.05, 4.69) is 178 Å². The van der Waals surface area contributed by atoms with Crippen molar-refractivity contribution in [3.63, 3.8) is 0 Å². The molecule has 307 valence electrons. The molecule has 3 heterocycles. The fourth-order valence-corrected chi connectivity index (χ4v) is 10.8. The van der Waals surface area contributed by atoms with Crippen LogP contribution in [0, 0.1) is 12.1 Å². The van der Waals surface area contributed by atoms with Gasteiger partial charge in [0, 0.05) is 42.1 Å². The number of imidazole rings is 1. The van der Waals surface area contributed by atoms with E-state index in [4.69, 9.17) is 4.98 Å². The predicted octanol–water partition coefficient (Wildman–Crippen LogP) is 15.6. The zero-order chi connectivity index (χ0) is 41.8. The minimum atomic E-state index is -0.0812. The second kappa shape index (κ2) is 16.7. The Morgan fingerprint density at radius 3 is 2.03 bits per heavy atom. The van der Waals surface area contributed by atoms with Gasteiger partial charge in [-0.05, 0) is 102 Å². The Kier molecular flexibility index (Phi) is 11.2. The fourth-order valence-electron chi connectivity index (χ4n) is 9.32. The molecule has 7 aromatic carbocycles. The number of rotatable bonds is 6. The first-order chi connectivity index (χ1) is 29.7. The number of hydrogen-bond acceptors (Lipinski definition) is 3. The molecule has 0 aliphatic heterocycles. The Morgan fingerprint density at radius 2 is 1.31 bits per heavy atom. The molecule has 1 radical (unpaired) electrons. The minimum Gasteiger partial charge on any atom is -0.333 e. The van der Waals surface area contributed by atoms with E-state index in [1.165, 1.54) is 70.4 Å². The van der Waals surface area contributed by atoms with Crippen molar-refractivity contribution in [1.29, 1.82) is 0 Å². The molecule has 0 N–H and O–H groups in total. The van der Waals surface area contributed by atoms with Crippen LogP contribution < -0.4 is 0 Å². The maximum Gasteiger partial charge on any atom is 0.0774 e. The van der Waals surface area contributed by atoms with Gasteiger partial charge in [-0.2, -0.15) is 11.3 Å². The normalized spacial score (nSPS) is 12.6. The summed E-state index contributed by atoms with van der Waals surface area (Å²) in [5.74, 6) is 1.57. The second-order valence-corrected chi connectivity index (χ2v) is 18.2. The molecule has 1 aliphatic carbocycles. The first-order valence-electron chi connectivity index (χ1n) is 21.3. The first kappa shape index (κ1) is 41.4. The van der Waals surface area contributed by atoms with Crippen LogP contribution in [0.5, 0.6) is 0 Å². The second-order valence-electron chi connectivity index (χ2n) is 17.2. The third kappa shape index (κ3) is 7.03. The van der Waals surface area contributed by atoms with E-state index in [0.29, 0.717) is 11.8 Å². The molecule has 11 rings (SSSR count). The van der Waals surface area contributed by atoms with Gasteiger partial charge in [-0.25, -0.2) is 0 Å². The summed E-state index contributed by atoms with van der Waals surface area (Å²) in [6.07, 6.45) is 1.79. The van der Waals surface area contributed by atoms with Gasteiger partial charge in [-0.3, -0.25) is 4.98 Å². The fraction of sp³-hybridized carbons (Fsp3) is 0.158. The van der Waals surface area contributed by atoms with Gasteiger partial charge in [0.05, 0.1) is 16.9 Å². The molecule has 0 amide bonds. The number of thiophene rings is 1. The van der Waals surface area contributed by atoms with E-state index < -0.39 is 0 Å². The van der Waals surface area contributed by atoms with E-state index in [1.807, 2.05) is 53.8 Å². The van der Waals surface area contributed by atoms with Crippen molar-refractivity contribution in [2.45, 2.75) is 58.8 Å². The van der Waals surface area contributed by atoms with Gasteiger partial charge in [0.25, 0.3) is 0 Å². The number of aromatic nitrogens is 3. The largest absolute Gasteiger partial charge is 0.333 e. The van der Waals surface area contributed by atoms with Gasteiger partial charge in [0.1, 0.15) is 0 Å². The molecule has 0 spiro atoms. The number of hydrogen-bond donors (Lipinski definition) is 0. The molecule has 3 nitrogen and oxygen atoms in total. The molecule has 3 aromatic heterocycles. The van der Waals surface area contributed by atoms with E-state index in [-0.39, 0.29) is 25.5 Å². The van der Waals surface area contributed by atoms with E-state index >= 15 is 0 Å². The summed E-state index contributed by atoms with van der Waals surface area (Å²) in [7, 11) is 0. The Morgan fingerprint density at radius 1 is 0.613 bits per heavy atom. The van der Waals surface area contributed by atoms with Crippen LogP contribution in [-0.4, -0.2) is 14.5 Å². The van der Waals surface area contributed by atoms with Crippen molar-refractivity contribution in [1.82, 2.24) is 14.5 Å². The summed E-state index contributed by atoms with van der Waals surface area (Å²) in [5, 5.41) is 2.59. The molecule has 0 saturated heterocycles. The van der Waals surface area contributed by atoms with Crippen molar-refractivity contribution in [2.75, 3.05) is 0 Å². The van der Waals surface area contributed by atoms with Crippen LogP contribution in [0.3, 0.4) is 0 Å².